The number of hydrogen-bond donors (Lipinski definition) is 2. The molecule has 0 saturated carbocycles. The maximum Gasteiger partial charge on any atom is 0.339 e. The summed E-state index contributed by atoms with van der Waals surface area (Å²) in [6.07, 6.45) is 8.24. The fourth-order valence-corrected chi connectivity index (χ4v) is 3.10. The Morgan fingerprint density at radius 1 is 1.11 bits per heavy atom. The Bertz CT molecular complexity index is 862. The SMILES string of the molecule is COC(=O)c1ccccc1NC(=O)c1ccc(NCCC2=CCCCC2)nn1. The molecule has 1 aliphatic rings. The molecule has 1 aromatic carbocycles. The molecule has 0 unspecified atom stereocenters. The average Bonchev–Trinajstić information content (AvgIpc) is 2.75. The van der Waals surface area contributed by atoms with Gasteiger partial charge in [0.05, 0.1) is 18.4 Å². The number of hydrogen-bond acceptors (Lipinski definition) is 6. The van der Waals surface area contributed by atoms with Gasteiger partial charge in [-0.15, -0.1) is 10.2 Å². The highest BCUT2D eigenvalue weighted by Crippen LogP contribution is 2.20. The van der Waals surface area contributed by atoms with Crippen LogP contribution in [-0.2, 0) is 4.74 Å². The minimum atomic E-state index is -0.519. The summed E-state index contributed by atoms with van der Waals surface area (Å²) in [6, 6.07) is 9.97. The van der Waals surface area contributed by atoms with Crippen LogP contribution in [0, 0.1) is 0 Å². The molecule has 1 heterocycles. The predicted molar refractivity (Wildman–Crippen MR) is 107 cm³/mol. The number of esters is 1. The standard InChI is InChI=1S/C21H24N4O3/c1-28-21(27)16-9-5-6-10-17(16)23-20(26)18-11-12-19(25-24-18)22-14-13-15-7-3-2-4-8-15/h5-7,9-12H,2-4,8,13-14H2,1H3,(H,22,25)(H,23,26). The first-order valence-electron chi connectivity index (χ1n) is 9.41. The summed E-state index contributed by atoms with van der Waals surface area (Å²) in [4.78, 5) is 24.2. The second kappa shape index (κ2) is 9.64. The number of nitrogens with one attached hydrogen (secondary N) is 2. The van der Waals surface area contributed by atoms with Crippen molar-refractivity contribution in [3.8, 4) is 0 Å². The van der Waals surface area contributed by atoms with Crippen molar-refractivity contribution in [2.75, 3.05) is 24.3 Å². The van der Waals surface area contributed by atoms with Crippen LogP contribution in [0.4, 0.5) is 11.5 Å². The van der Waals surface area contributed by atoms with Crippen molar-refractivity contribution in [3.63, 3.8) is 0 Å². The van der Waals surface area contributed by atoms with E-state index >= 15 is 0 Å². The molecule has 0 aliphatic heterocycles. The van der Waals surface area contributed by atoms with Crippen molar-refractivity contribution >= 4 is 23.4 Å². The molecular weight excluding hydrogens is 356 g/mol. The Kier molecular flexibility index (Phi) is 6.73. The quantitative estimate of drug-likeness (QED) is 0.560. The Hall–Kier alpha value is -3.22. The molecule has 2 N–H and O–H groups in total. The van der Waals surface area contributed by atoms with Crippen molar-refractivity contribution in [3.05, 3.63) is 59.3 Å². The summed E-state index contributed by atoms with van der Waals surface area (Å²) in [5.41, 5.74) is 2.30. The Labute approximate surface area is 164 Å². The van der Waals surface area contributed by atoms with Gasteiger partial charge in [0, 0.05) is 6.54 Å². The van der Waals surface area contributed by atoms with Crippen LogP contribution in [0.3, 0.4) is 0 Å². The topological polar surface area (TPSA) is 93.2 Å². The van der Waals surface area contributed by atoms with Gasteiger partial charge in [-0.05, 0) is 56.4 Å². The van der Waals surface area contributed by atoms with Gasteiger partial charge in [0.1, 0.15) is 5.82 Å². The van der Waals surface area contributed by atoms with E-state index in [1.807, 2.05) is 0 Å². The largest absolute Gasteiger partial charge is 0.465 e. The Morgan fingerprint density at radius 2 is 1.96 bits per heavy atom. The number of methoxy groups -OCH3 is 1. The highest BCUT2D eigenvalue weighted by molar-refractivity contribution is 6.07. The van der Waals surface area contributed by atoms with E-state index in [0.29, 0.717) is 11.5 Å². The predicted octanol–water partition coefficient (Wildman–Crippen LogP) is 3.82. The number of anilines is 2. The zero-order chi connectivity index (χ0) is 19.8. The lowest BCUT2D eigenvalue weighted by atomic mass is 9.97. The molecule has 0 atom stereocenters. The smallest absolute Gasteiger partial charge is 0.339 e. The van der Waals surface area contributed by atoms with E-state index in [1.54, 1.807) is 36.4 Å². The van der Waals surface area contributed by atoms with Crippen molar-refractivity contribution in [1.82, 2.24) is 10.2 Å². The van der Waals surface area contributed by atoms with E-state index in [2.05, 4.69) is 26.9 Å². The summed E-state index contributed by atoms with van der Waals surface area (Å²) in [5.74, 6) is -0.333. The van der Waals surface area contributed by atoms with Gasteiger partial charge in [0.25, 0.3) is 5.91 Å². The third-order valence-electron chi connectivity index (χ3n) is 4.62. The normalized spacial score (nSPS) is 13.4. The van der Waals surface area contributed by atoms with Gasteiger partial charge in [-0.1, -0.05) is 23.8 Å². The summed E-state index contributed by atoms with van der Waals surface area (Å²) < 4.78 is 4.73. The molecule has 0 radical (unpaired) electrons. The van der Waals surface area contributed by atoms with Gasteiger partial charge in [-0.2, -0.15) is 0 Å². The van der Waals surface area contributed by atoms with E-state index in [-0.39, 0.29) is 11.3 Å². The molecular formula is C21H24N4O3. The molecule has 1 amide bonds. The van der Waals surface area contributed by atoms with Crippen molar-refractivity contribution in [2.45, 2.75) is 32.1 Å². The molecule has 7 heteroatoms. The lowest BCUT2D eigenvalue weighted by Crippen LogP contribution is -2.17. The van der Waals surface area contributed by atoms with Gasteiger partial charge in [-0.25, -0.2) is 4.79 Å². The van der Waals surface area contributed by atoms with E-state index in [4.69, 9.17) is 4.74 Å². The van der Waals surface area contributed by atoms with E-state index in [0.717, 1.165) is 13.0 Å². The molecule has 3 rings (SSSR count). The maximum absolute atomic E-state index is 12.4. The highest BCUT2D eigenvalue weighted by atomic mass is 16.5. The molecule has 7 nitrogen and oxygen atoms in total. The van der Waals surface area contributed by atoms with Gasteiger partial charge in [0.15, 0.2) is 5.69 Å². The van der Waals surface area contributed by atoms with Crippen LogP contribution in [0.5, 0.6) is 0 Å². The minimum Gasteiger partial charge on any atom is -0.465 e. The van der Waals surface area contributed by atoms with E-state index in [9.17, 15) is 9.59 Å². The number of allylic oxidation sites excluding steroid dienone is 1. The van der Waals surface area contributed by atoms with Gasteiger partial charge < -0.3 is 15.4 Å². The molecule has 0 fully saturated rings. The second-order valence-corrected chi connectivity index (χ2v) is 6.58. The molecule has 146 valence electrons. The van der Waals surface area contributed by atoms with Crippen LogP contribution in [0.2, 0.25) is 0 Å². The number of amides is 1. The fraction of sp³-hybridized carbons (Fsp3) is 0.333. The van der Waals surface area contributed by atoms with Crippen LogP contribution in [0.1, 0.15) is 53.0 Å². The maximum atomic E-state index is 12.4. The van der Waals surface area contributed by atoms with Crippen molar-refractivity contribution < 1.29 is 14.3 Å². The number of rotatable bonds is 7. The second-order valence-electron chi connectivity index (χ2n) is 6.58. The van der Waals surface area contributed by atoms with Crippen molar-refractivity contribution in [2.24, 2.45) is 0 Å². The number of carbonyl (C=O) groups excluding carboxylic acids is 2. The fourth-order valence-electron chi connectivity index (χ4n) is 3.10. The first-order valence-corrected chi connectivity index (χ1v) is 9.41. The molecule has 0 spiro atoms. The van der Waals surface area contributed by atoms with Crippen molar-refractivity contribution in [1.29, 1.82) is 0 Å². The number of ether oxygens (including phenoxy) is 1. The van der Waals surface area contributed by atoms with E-state index in [1.165, 1.54) is 38.4 Å². The summed E-state index contributed by atoms with van der Waals surface area (Å²) in [6.45, 7) is 0.790. The lowest BCUT2D eigenvalue weighted by Gasteiger charge is -2.13. The zero-order valence-corrected chi connectivity index (χ0v) is 15.9. The van der Waals surface area contributed by atoms with Crippen LogP contribution in [0.15, 0.2) is 48.0 Å². The Morgan fingerprint density at radius 3 is 2.68 bits per heavy atom. The third-order valence-corrected chi connectivity index (χ3v) is 4.62. The van der Waals surface area contributed by atoms with E-state index < -0.39 is 11.9 Å². The van der Waals surface area contributed by atoms with Crippen LogP contribution in [0.25, 0.3) is 0 Å². The monoisotopic (exact) mass is 380 g/mol. The van der Waals surface area contributed by atoms with Crippen LogP contribution >= 0.6 is 0 Å². The zero-order valence-electron chi connectivity index (χ0n) is 15.9. The summed E-state index contributed by atoms with van der Waals surface area (Å²) in [5, 5.41) is 14.0. The summed E-state index contributed by atoms with van der Waals surface area (Å²) in [7, 11) is 1.29. The van der Waals surface area contributed by atoms with Gasteiger partial charge in [0.2, 0.25) is 0 Å². The number of carbonyl (C=O) groups is 2. The molecule has 0 bridgehead atoms. The van der Waals surface area contributed by atoms with Gasteiger partial charge in [-0.3, -0.25) is 4.79 Å². The summed E-state index contributed by atoms with van der Waals surface area (Å²) >= 11 is 0. The first kappa shape index (κ1) is 19.5. The highest BCUT2D eigenvalue weighted by Gasteiger charge is 2.15. The molecule has 28 heavy (non-hydrogen) atoms. The first-order chi connectivity index (χ1) is 13.7. The molecule has 0 saturated heterocycles. The van der Waals surface area contributed by atoms with Crippen LogP contribution in [-0.4, -0.2) is 35.7 Å². The third kappa shape index (κ3) is 5.16. The molecule has 2 aromatic rings. The van der Waals surface area contributed by atoms with Gasteiger partial charge >= 0.3 is 5.97 Å². The lowest BCUT2D eigenvalue weighted by molar-refractivity contribution is 0.0602. The van der Waals surface area contributed by atoms with Crippen LogP contribution < -0.4 is 10.6 Å². The Balaban J connectivity index is 1.57. The number of nitrogens with zero attached hydrogens (tertiary/aromatic N) is 2. The molecule has 1 aliphatic carbocycles. The average molecular weight is 380 g/mol. The molecule has 1 aromatic heterocycles. The number of para-hydroxylation sites is 1. The minimum absolute atomic E-state index is 0.167. The number of benzene rings is 1. The number of aromatic nitrogens is 2.